The Labute approximate surface area is 151 Å². The molecule has 1 aliphatic carbocycles. The topological polar surface area (TPSA) is 99.0 Å². The van der Waals surface area contributed by atoms with Crippen LogP contribution in [0, 0.1) is 11.8 Å². The Morgan fingerprint density at radius 2 is 2.12 bits per heavy atom. The molecule has 0 aromatic heterocycles. The lowest BCUT2D eigenvalue weighted by molar-refractivity contribution is -0.128. The second-order valence-electron chi connectivity index (χ2n) is 8.30. The Morgan fingerprint density at radius 1 is 1.44 bits per heavy atom. The standard InChI is InChI=1S/C18H32NO5P/c1-17(23)14(10-11-24-25(2,3)4)16(22)19-18(17,12-20)15(21)13-8-6-5-7-9-13/h6,8,13-15,20-21,23H,5,7,9-12H2,1-4H3/p+1/t13-,14+,15+,17+,18-/m1/s1. The van der Waals surface area contributed by atoms with Crippen LogP contribution >= 0.6 is 7.49 Å². The van der Waals surface area contributed by atoms with Gasteiger partial charge in [-0.25, -0.2) is 4.52 Å². The molecule has 2 aliphatic rings. The minimum absolute atomic E-state index is 0.192. The summed E-state index contributed by atoms with van der Waals surface area (Å²) < 4.78 is 5.80. The van der Waals surface area contributed by atoms with Crippen molar-refractivity contribution >= 4 is 13.4 Å². The first-order valence-corrected chi connectivity index (χ1v) is 12.1. The summed E-state index contributed by atoms with van der Waals surface area (Å²) in [6.45, 7) is 7.51. The fraction of sp³-hybridized carbons (Fsp3) is 0.833. The van der Waals surface area contributed by atoms with E-state index in [0.717, 1.165) is 19.3 Å². The monoisotopic (exact) mass is 374 g/mol. The average molecular weight is 374 g/mol. The SMILES string of the molecule is C[C@]1(O)[C@@H](CCO[P+](C)(C)C)C(=O)N[C@]1(CO)[C@@H](O)[C@@H]1C=CCCC1. The zero-order valence-electron chi connectivity index (χ0n) is 15.7. The van der Waals surface area contributed by atoms with Gasteiger partial charge in [-0.3, -0.25) is 4.79 Å². The molecule has 1 saturated heterocycles. The summed E-state index contributed by atoms with van der Waals surface area (Å²) in [5.74, 6) is -1.26. The predicted molar refractivity (Wildman–Crippen MR) is 99.8 cm³/mol. The van der Waals surface area contributed by atoms with Crippen molar-refractivity contribution in [2.24, 2.45) is 11.8 Å². The molecule has 1 fully saturated rings. The minimum Gasteiger partial charge on any atom is -0.394 e. The number of amides is 1. The Bertz CT molecular complexity index is 516. The van der Waals surface area contributed by atoms with E-state index in [4.69, 9.17) is 4.52 Å². The van der Waals surface area contributed by atoms with E-state index in [1.807, 2.05) is 32.1 Å². The maximum Gasteiger partial charge on any atom is 0.226 e. The molecule has 0 saturated carbocycles. The molecule has 25 heavy (non-hydrogen) atoms. The minimum atomic E-state index is -1.57. The van der Waals surface area contributed by atoms with Gasteiger partial charge in [-0.1, -0.05) is 12.2 Å². The van der Waals surface area contributed by atoms with E-state index in [-0.39, 0.29) is 11.8 Å². The molecule has 0 bridgehead atoms. The highest BCUT2D eigenvalue weighted by Gasteiger charge is 2.64. The van der Waals surface area contributed by atoms with Gasteiger partial charge in [0, 0.05) is 5.92 Å². The number of nitrogens with one attached hydrogen (secondary N) is 1. The molecule has 0 radical (unpaired) electrons. The van der Waals surface area contributed by atoms with Crippen LogP contribution < -0.4 is 5.32 Å². The highest BCUT2D eigenvalue weighted by atomic mass is 31.2. The van der Waals surface area contributed by atoms with Crippen LogP contribution in [-0.2, 0) is 9.32 Å². The summed E-state index contributed by atoms with van der Waals surface area (Å²) in [7, 11) is -1.44. The molecular formula is C18H33NO5P+. The molecule has 1 heterocycles. The summed E-state index contributed by atoms with van der Waals surface area (Å²) in [5.41, 5.74) is -3.03. The maximum atomic E-state index is 12.5. The Kier molecular flexibility index (Phi) is 6.33. The number of aliphatic hydroxyl groups excluding tert-OH is 2. The molecule has 0 unspecified atom stereocenters. The van der Waals surface area contributed by atoms with Crippen LogP contribution in [0.1, 0.15) is 32.6 Å². The van der Waals surface area contributed by atoms with Crippen LogP contribution in [0.2, 0.25) is 0 Å². The molecule has 1 amide bonds. The number of carbonyl (C=O) groups is 1. The van der Waals surface area contributed by atoms with Gasteiger partial charge in [0.2, 0.25) is 5.91 Å². The van der Waals surface area contributed by atoms with E-state index in [9.17, 15) is 20.1 Å². The van der Waals surface area contributed by atoms with Gasteiger partial charge in [-0.15, -0.1) is 0 Å². The van der Waals surface area contributed by atoms with Crippen LogP contribution in [0.25, 0.3) is 0 Å². The van der Waals surface area contributed by atoms with Gasteiger partial charge in [0.05, 0.1) is 45.2 Å². The molecule has 4 N–H and O–H groups in total. The molecule has 5 atom stereocenters. The zero-order chi connectivity index (χ0) is 18.9. The fourth-order valence-corrected chi connectivity index (χ4v) is 4.64. The van der Waals surface area contributed by atoms with Crippen molar-refractivity contribution in [1.29, 1.82) is 0 Å². The van der Waals surface area contributed by atoms with Crippen LogP contribution in [0.3, 0.4) is 0 Å². The molecule has 1 aliphatic heterocycles. The summed E-state index contributed by atoms with van der Waals surface area (Å²) in [6.07, 6.45) is 5.92. The summed E-state index contributed by atoms with van der Waals surface area (Å²) >= 11 is 0. The first-order valence-electron chi connectivity index (χ1n) is 9.01. The van der Waals surface area contributed by atoms with Crippen molar-refractivity contribution in [3.63, 3.8) is 0 Å². The number of carbonyl (C=O) groups excluding carboxylic acids is 1. The Morgan fingerprint density at radius 3 is 2.64 bits per heavy atom. The number of aliphatic hydroxyl groups is 3. The van der Waals surface area contributed by atoms with Gasteiger partial charge >= 0.3 is 0 Å². The fourth-order valence-electron chi connectivity index (χ4n) is 3.99. The highest BCUT2D eigenvalue weighted by molar-refractivity contribution is 7.69. The molecule has 7 heteroatoms. The summed E-state index contributed by atoms with van der Waals surface area (Å²) in [6, 6.07) is 0. The lowest BCUT2D eigenvalue weighted by Gasteiger charge is -2.45. The van der Waals surface area contributed by atoms with E-state index >= 15 is 0 Å². The van der Waals surface area contributed by atoms with E-state index in [1.54, 1.807) is 0 Å². The van der Waals surface area contributed by atoms with Crippen molar-refractivity contribution in [2.75, 3.05) is 33.2 Å². The van der Waals surface area contributed by atoms with Crippen LogP contribution in [0.5, 0.6) is 0 Å². The second-order valence-corrected chi connectivity index (χ2v) is 12.3. The molecular weight excluding hydrogens is 341 g/mol. The normalized spacial score (nSPS) is 37.2. The molecule has 144 valence electrons. The van der Waals surface area contributed by atoms with Gasteiger partial charge in [0.25, 0.3) is 0 Å². The number of allylic oxidation sites excluding steroid dienone is 1. The molecule has 0 aromatic carbocycles. The third kappa shape index (κ3) is 4.09. The quantitative estimate of drug-likeness (QED) is 0.396. The summed E-state index contributed by atoms with van der Waals surface area (Å²) in [4.78, 5) is 12.5. The van der Waals surface area contributed by atoms with Gasteiger partial charge in [-0.2, -0.15) is 0 Å². The van der Waals surface area contributed by atoms with E-state index < -0.39 is 37.3 Å². The molecule has 6 nitrogen and oxygen atoms in total. The van der Waals surface area contributed by atoms with Crippen molar-refractivity contribution in [1.82, 2.24) is 5.32 Å². The van der Waals surface area contributed by atoms with Gasteiger partial charge in [0.1, 0.15) is 18.6 Å². The lowest BCUT2D eigenvalue weighted by atomic mass is 9.69. The highest BCUT2D eigenvalue weighted by Crippen LogP contribution is 2.49. The van der Waals surface area contributed by atoms with Crippen molar-refractivity contribution in [2.45, 2.75) is 49.9 Å². The summed E-state index contributed by atoms with van der Waals surface area (Å²) in [5, 5.41) is 34.9. The molecule has 0 spiro atoms. The van der Waals surface area contributed by atoms with Gasteiger partial charge in [-0.05, 0) is 32.6 Å². The van der Waals surface area contributed by atoms with Crippen molar-refractivity contribution in [3.8, 4) is 0 Å². The first-order chi connectivity index (χ1) is 11.5. The molecule has 0 aromatic rings. The lowest BCUT2D eigenvalue weighted by Crippen LogP contribution is -2.68. The predicted octanol–water partition coefficient (Wildman–Crippen LogP) is 1.16. The largest absolute Gasteiger partial charge is 0.394 e. The Balaban J connectivity index is 2.20. The zero-order valence-corrected chi connectivity index (χ0v) is 16.6. The number of hydrogen-bond donors (Lipinski definition) is 4. The Hall–Kier alpha value is -0.520. The van der Waals surface area contributed by atoms with Gasteiger partial charge in [0.15, 0.2) is 0 Å². The first kappa shape index (κ1) is 20.8. The van der Waals surface area contributed by atoms with Crippen LogP contribution in [0.4, 0.5) is 0 Å². The smallest absolute Gasteiger partial charge is 0.226 e. The number of hydrogen-bond acceptors (Lipinski definition) is 5. The maximum absolute atomic E-state index is 12.5. The third-order valence-corrected chi connectivity index (χ3v) is 6.54. The second kappa shape index (κ2) is 7.61. The van der Waals surface area contributed by atoms with Crippen LogP contribution in [-0.4, -0.2) is 71.7 Å². The van der Waals surface area contributed by atoms with E-state index in [2.05, 4.69) is 5.32 Å². The average Bonchev–Trinajstić information content (AvgIpc) is 2.74. The van der Waals surface area contributed by atoms with E-state index in [0.29, 0.717) is 13.0 Å². The molecule has 2 rings (SSSR count). The third-order valence-electron chi connectivity index (χ3n) is 5.58. The van der Waals surface area contributed by atoms with Crippen molar-refractivity contribution < 1.29 is 24.6 Å². The van der Waals surface area contributed by atoms with E-state index in [1.165, 1.54) is 6.92 Å². The van der Waals surface area contributed by atoms with Crippen LogP contribution in [0.15, 0.2) is 12.2 Å². The van der Waals surface area contributed by atoms with Crippen molar-refractivity contribution in [3.05, 3.63) is 12.2 Å². The number of rotatable bonds is 7. The van der Waals surface area contributed by atoms with Gasteiger partial charge < -0.3 is 20.6 Å².